The fraction of sp³-hybridized carbons (Fsp3) is 0.562. The molecule has 0 radical (unpaired) electrons. The molecule has 22 heavy (non-hydrogen) atoms. The molecule has 3 N–H and O–H groups in total. The van der Waals surface area contributed by atoms with E-state index in [1.54, 1.807) is 0 Å². The molecule has 1 aromatic carbocycles. The number of ether oxygens (including phenoxy) is 2. The van der Waals surface area contributed by atoms with Crippen molar-refractivity contribution in [1.82, 2.24) is 5.32 Å². The number of nitrogens with one attached hydrogen (secondary N) is 1. The van der Waals surface area contributed by atoms with E-state index in [-0.39, 0.29) is 30.5 Å². The molecule has 1 fully saturated rings. The van der Waals surface area contributed by atoms with Gasteiger partial charge in [0.15, 0.2) is 0 Å². The molecular formula is C16H25ClN2O3. The molecular weight excluding hydrogens is 304 g/mol. The van der Waals surface area contributed by atoms with Crippen LogP contribution in [-0.4, -0.2) is 31.3 Å². The second kappa shape index (κ2) is 9.66. The monoisotopic (exact) mass is 328 g/mol. The van der Waals surface area contributed by atoms with Crippen molar-refractivity contribution in [3.05, 3.63) is 29.8 Å². The van der Waals surface area contributed by atoms with Crippen molar-refractivity contribution in [3.8, 4) is 5.75 Å². The fourth-order valence-electron chi connectivity index (χ4n) is 2.30. The molecule has 1 heterocycles. The maximum Gasteiger partial charge on any atom is 0.249 e. The van der Waals surface area contributed by atoms with Crippen LogP contribution in [0.4, 0.5) is 0 Å². The average Bonchev–Trinajstić information content (AvgIpc) is 3.00. The molecule has 0 bridgehead atoms. The molecule has 0 aromatic heterocycles. The molecule has 6 heteroatoms. The van der Waals surface area contributed by atoms with Gasteiger partial charge in [0.2, 0.25) is 5.91 Å². The van der Waals surface area contributed by atoms with E-state index in [1.807, 2.05) is 24.3 Å². The molecule has 0 spiro atoms. The van der Waals surface area contributed by atoms with E-state index in [2.05, 4.69) is 12.2 Å². The van der Waals surface area contributed by atoms with E-state index in [0.717, 1.165) is 37.2 Å². The van der Waals surface area contributed by atoms with E-state index in [1.165, 1.54) is 0 Å². The summed E-state index contributed by atoms with van der Waals surface area (Å²) in [5.41, 5.74) is 6.58. The SMILES string of the molecule is CCCOc1ccc(CNC(=O)[C@@H]2CC[C@H](CN)O2)cc1.Cl. The summed E-state index contributed by atoms with van der Waals surface area (Å²) in [5, 5.41) is 2.90. The summed E-state index contributed by atoms with van der Waals surface area (Å²) in [6.07, 6.45) is 2.26. The van der Waals surface area contributed by atoms with Crippen molar-refractivity contribution in [3.63, 3.8) is 0 Å². The molecule has 1 saturated heterocycles. The van der Waals surface area contributed by atoms with Crippen LogP contribution >= 0.6 is 12.4 Å². The zero-order valence-electron chi connectivity index (χ0n) is 12.9. The molecule has 2 atom stereocenters. The molecule has 1 amide bonds. The van der Waals surface area contributed by atoms with E-state index >= 15 is 0 Å². The highest BCUT2D eigenvalue weighted by atomic mass is 35.5. The standard InChI is InChI=1S/C16H24N2O3.ClH/c1-2-9-20-13-5-3-12(4-6-13)11-18-16(19)15-8-7-14(10-17)21-15;/h3-6,14-15H,2,7-11,17H2,1H3,(H,18,19);1H/t14-,15+;/m1./s1. The molecule has 124 valence electrons. The summed E-state index contributed by atoms with van der Waals surface area (Å²) in [6, 6.07) is 7.77. The minimum atomic E-state index is -0.356. The van der Waals surface area contributed by atoms with Gasteiger partial charge in [-0.15, -0.1) is 12.4 Å². The summed E-state index contributed by atoms with van der Waals surface area (Å²) in [6.45, 7) is 3.77. The lowest BCUT2D eigenvalue weighted by Crippen LogP contribution is -2.35. The Labute approximate surface area is 138 Å². The fourth-order valence-corrected chi connectivity index (χ4v) is 2.30. The smallest absolute Gasteiger partial charge is 0.249 e. The largest absolute Gasteiger partial charge is 0.494 e. The number of hydrogen-bond donors (Lipinski definition) is 2. The van der Waals surface area contributed by atoms with E-state index in [9.17, 15) is 4.79 Å². The van der Waals surface area contributed by atoms with Crippen molar-refractivity contribution in [2.75, 3.05) is 13.2 Å². The van der Waals surface area contributed by atoms with Crippen LogP contribution in [0.25, 0.3) is 0 Å². The number of rotatable bonds is 7. The summed E-state index contributed by atoms with van der Waals surface area (Å²) in [4.78, 5) is 12.0. The Hall–Kier alpha value is -1.30. The number of benzene rings is 1. The Kier molecular flexibility index (Phi) is 8.24. The highest BCUT2D eigenvalue weighted by molar-refractivity contribution is 5.85. The molecule has 5 nitrogen and oxygen atoms in total. The highest BCUT2D eigenvalue weighted by Gasteiger charge is 2.29. The average molecular weight is 329 g/mol. The molecule has 2 rings (SSSR count). The third-order valence-corrected chi connectivity index (χ3v) is 3.53. The Morgan fingerprint density at radius 3 is 2.68 bits per heavy atom. The summed E-state index contributed by atoms with van der Waals surface area (Å²) in [5.74, 6) is 0.800. The maximum absolute atomic E-state index is 12.0. The first kappa shape index (κ1) is 18.7. The van der Waals surface area contributed by atoms with Crippen molar-refractivity contribution in [1.29, 1.82) is 0 Å². The van der Waals surface area contributed by atoms with Gasteiger partial charge in [-0.2, -0.15) is 0 Å². The summed E-state index contributed by atoms with van der Waals surface area (Å²) < 4.78 is 11.1. The van der Waals surface area contributed by atoms with E-state index in [0.29, 0.717) is 13.1 Å². The van der Waals surface area contributed by atoms with Crippen molar-refractivity contribution >= 4 is 18.3 Å². The minimum absolute atomic E-state index is 0. The normalized spacial score (nSPS) is 20.3. The molecule has 0 aliphatic carbocycles. The van der Waals surface area contributed by atoms with Crippen LogP contribution in [0, 0.1) is 0 Å². The topological polar surface area (TPSA) is 73.6 Å². The van der Waals surface area contributed by atoms with Gasteiger partial charge in [0.1, 0.15) is 11.9 Å². The van der Waals surface area contributed by atoms with Gasteiger partial charge in [-0.3, -0.25) is 4.79 Å². The van der Waals surface area contributed by atoms with Crippen LogP contribution in [0.2, 0.25) is 0 Å². The molecule has 0 saturated carbocycles. The lowest BCUT2D eigenvalue weighted by atomic mass is 10.1. The number of nitrogens with two attached hydrogens (primary N) is 1. The lowest BCUT2D eigenvalue weighted by Gasteiger charge is -2.13. The quantitative estimate of drug-likeness (QED) is 0.803. The zero-order chi connectivity index (χ0) is 15.1. The number of hydrogen-bond acceptors (Lipinski definition) is 4. The van der Waals surface area contributed by atoms with Crippen LogP contribution in [0.1, 0.15) is 31.7 Å². The van der Waals surface area contributed by atoms with Gasteiger partial charge in [-0.1, -0.05) is 19.1 Å². The van der Waals surface area contributed by atoms with Gasteiger partial charge >= 0.3 is 0 Å². The summed E-state index contributed by atoms with van der Waals surface area (Å²) in [7, 11) is 0. The number of carbonyl (C=O) groups excluding carboxylic acids is 1. The predicted octanol–water partition coefficient (Wildman–Crippen LogP) is 2.02. The first-order valence-corrected chi connectivity index (χ1v) is 7.58. The predicted molar refractivity (Wildman–Crippen MR) is 88.3 cm³/mol. The van der Waals surface area contributed by atoms with E-state index < -0.39 is 0 Å². The highest BCUT2D eigenvalue weighted by Crippen LogP contribution is 2.19. The van der Waals surface area contributed by atoms with Gasteiger partial charge in [0.25, 0.3) is 0 Å². The first-order valence-electron chi connectivity index (χ1n) is 7.58. The van der Waals surface area contributed by atoms with Crippen LogP contribution in [0.3, 0.4) is 0 Å². The molecule has 1 aromatic rings. The van der Waals surface area contributed by atoms with Crippen LogP contribution in [0.5, 0.6) is 5.75 Å². The third-order valence-electron chi connectivity index (χ3n) is 3.53. The van der Waals surface area contributed by atoms with Crippen molar-refractivity contribution < 1.29 is 14.3 Å². The second-order valence-electron chi connectivity index (χ2n) is 5.27. The Bertz CT molecular complexity index is 453. The van der Waals surface area contributed by atoms with Gasteiger partial charge < -0.3 is 20.5 Å². The second-order valence-corrected chi connectivity index (χ2v) is 5.27. The molecule has 1 aliphatic heterocycles. The van der Waals surface area contributed by atoms with Crippen LogP contribution in [-0.2, 0) is 16.1 Å². The third kappa shape index (κ3) is 5.48. The Balaban J connectivity index is 0.00000242. The Morgan fingerprint density at radius 2 is 2.09 bits per heavy atom. The van der Waals surface area contributed by atoms with Crippen molar-refractivity contribution in [2.45, 2.75) is 44.9 Å². The van der Waals surface area contributed by atoms with E-state index in [4.69, 9.17) is 15.2 Å². The van der Waals surface area contributed by atoms with Crippen LogP contribution in [0.15, 0.2) is 24.3 Å². The Morgan fingerprint density at radius 1 is 1.36 bits per heavy atom. The minimum Gasteiger partial charge on any atom is -0.494 e. The number of halogens is 1. The molecule has 0 unspecified atom stereocenters. The summed E-state index contributed by atoms with van der Waals surface area (Å²) >= 11 is 0. The van der Waals surface area contributed by atoms with Crippen molar-refractivity contribution in [2.24, 2.45) is 5.73 Å². The first-order chi connectivity index (χ1) is 10.2. The zero-order valence-corrected chi connectivity index (χ0v) is 13.7. The van der Waals surface area contributed by atoms with Gasteiger partial charge in [0, 0.05) is 13.1 Å². The van der Waals surface area contributed by atoms with Gasteiger partial charge in [0.05, 0.1) is 12.7 Å². The lowest BCUT2D eigenvalue weighted by molar-refractivity contribution is -0.132. The van der Waals surface area contributed by atoms with Gasteiger partial charge in [-0.25, -0.2) is 0 Å². The number of amides is 1. The van der Waals surface area contributed by atoms with Gasteiger partial charge in [-0.05, 0) is 37.0 Å². The van der Waals surface area contributed by atoms with Crippen LogP contribution < -0.4 is 15.8 Å². The number of carbonyl (C=O) groups is 1. The molecule has 1 aliphatic rings. The maximum atomic E-state index is 12.0.